The van der Waals surface area contributed by atoms with Crippen LogP contribution >= 0.6 is 11.3 Å². The molecule has 2 aromatic rings. The largest absolute Gasteiger partial charge is 0.318 e. The standard InChI is InChI=1S/C16H22N4OS/c1-11-8-17-19-16(11)13-4-3-7-20(9-13)10-14-5-6-15(22-14)18-12(2)21/h5-6,8,13H,3-4,7,9-10H2,1-2H3,(H,17,19)(H,18,21). The molecule has 1 aliphatic heterocycles. The van der Waals surface area contributed by atoms with Gasteiger partial charge in [0.25, 0.3) is 0 Å². The number of nitrogens with zero attached hydrogens (tertiary/aromatic N) is 2. The summed E-state index contributed by atoms with van der Waals surface area (Å²) in [4.78, 5) is 14.9. The fourth-order valence-electron chi connectivity index (χ4n) is 3.13. The van der Waals surface area contributed by atoms with E-state index in [-0.39, 0.29) is 5.91 Å². The molecule has 0 aliphatic carbocycles. The number of amides is 1. The number of hydrogen-bond acceptors (Lipinski definition) is 4. The lowest BCUT2D eigenvalue weighted by Gasteiger charge is -2.32. The van der Waals surface area contributed by atoms with E-state index in [1.165, 1.54) is 29.0 Å². The Morgan fingerprint density at radius 3 is 3.14 bits per heavy atom. The minimum Gasteiger partial charge on any atom is -0.318 e. The van der Waals surface area contributed by atoms with Crippen molar-refractivity contribution in [3.8, 4) is 0 Å². The number of aryl methyl sites for hydroxylation is 1. The Morgan fingerprint density at radius 1 is 1.55 bits per heavy atom. The summed E-state index contributed by atoms with van der Waals surface area (Å²) in [5, 5.41) is 11.1. The quantitative estimate of drug-likeness (QED) is 0.910. The van der Waals surface area contributed by atoms with Gasteiger partial charge in [0, 0.05) is 36.5 Å². The molecule has 6 heteroatoms. The first-order valence-electron chi connectivity index (χ1n) is 7.70. The minimum atomic E-state index is -0.0128. The number of thiophene rings is 1. The molecule has 1 atom stereocenters. The molecular formula is C16H22N4OS. The summed E-state index contributed by atoms with van der Waals surface area (Å²) in [6, 6.07) is 4.10. The molecule has 1 fully saturated rings. The molecule has 2 aromatic heterocycles. The molecule has 3 rings (SSSR count). The average molecular weight is 318 g/mol. The number of aromatic nitrogens is 2. The van der Waals surface area contributed by atoms with Gasteiger partial charge in [-0.25, -0.2) is 0 Å². The summed E-state index contributed by atoms with van der Waals surface area (Å²) in [6.07, 6.45) is 4.35. The molecule has 1 aliphatic rings. The van der Waals surface area contributed by atoms with Crippen molar-refractivity contribution in [1.82, 2.24) is 15.1 Å². The second kappa shape index (κ2) is 6.62. The second-order valence-electron chi connectivity index (χ2n) is 5.99. The molecule has 0 saturated carbocycles. The molecule has 2 N–H and O–H groups in total. The highest BCUT2D eigenvalue weighted by atomic mass is 32.1. The van der Waals surface area contributed by atoms with Crippen molar-refractivity contribution in [2.45, 2.75) is 39.2 Å². The summed E-state index contributed by atoms with van der Waals surface area (Å²) in [7, 11) is 0. The third-order valence-electron chi connectivity index (χ3n) is 4.12. The van der Waals surface area contributed by atoms with Crippen molar-refractivity contribution in [1.29, 1.82) is 0 Å². The van der Waals surface area contributed by atoms with Crippen molar-refractivity contribution in [3.05, 3.63) is 34.5 Å². The molecule has 22 heavy (non-hydrogen) atoms. The van der Waals surface area contributed by atoms with Gasteiger partial charge >= 0.3 is 0 Å². The Kier molecular flexibility index (Phi) is 4.59. The van der Waals surface area contributed by atoms with E-state index < -0.39 is 0 Å². The van der Waals surface area contributed by atoms with Crippen LogP contribution in [0.5, 0.6) is 0 Å². The Labute approximate surface area is 134 Å². The van der Waals surface area contributed by atoms with Gasteiger partial charge in [0.1, 0.15) is 0 Å². The first kappa shape index (κ1) is 15.2. The highest BCUT2D eigenvalue weighted by molar-refractivity contribution is 7.16. The molecule has 0 bridgehead atoms. The monoisotopic (exact) mass is 318 g/mol. The van der Waals surface area contributed by atoms with Gasteiger partial charge in [0.05, 0.1) is 11.2 Å². The summed E-state index contributed by atoms with van der Waals surface area (Å²) in [5.41, 5.74) is 2.55. The van der Waals surface area contributed by atoms with E-state index in [9.17, 15) is 4.79 Å². The fraction of sp³-hybridized carbons (Fsp3) is 0.500. The maximum Gasteiger partial charge on any atom is 0.221 e. The van der Waals surface area contributed by atoms with Crippen LogP contribution in [0.1, 0.15) is 41.8 Å². The van der Waals surface area contributed by atoms with E-state index in [4.69, 9.17) is 0 Å². The van der Waals surface area contributed by atoms with Crippen molar-refractivity contribution >= 4 is 22.2 Å². The van der Waals surface area contributed by atoms with Crippen LogP contribution < -0.4 is 5.32 Å². The van der Waals surface area contributed by atoms with Crippen LogP contribution in [0, 0.1) is 6.92 Å². The lowest BCUT2D eigenvalue weighted by atomic mass is 9.93. The van der Waals surface area contributed by atoms with Crippen LogP contribution in [-0.4, -0.2) is 34.1 Å². The number of carbonyl (C=O) groups excluding carboxylic acids is 1. The molecule has 0 spiro atoms. The topological polar surface area (TPSA) is 61.0 Å². The van der Waals surface area contributed by atoms with E-state index in [0.717, 1.165) is 24.6 Å². The zero-order chi connectivity index (χ0) is 15.5. The molecule has 5 nitrogen and oxygen atoms in total. The van der Waals surface area contributed by atoms with Crippen LogP contribution in [0.4, 0.5) is 5.00 Å². The number of piperidine rings is 1. The maximum atomic E-state index is 11.1. The van der Waals surface area contributed by atoms with Gasteiger partial charge in [-0.05, 0) is 44.0 Å². The Hall–Kier alpha value is -1.66. The number of aromatic amines is 1. The number of carbonyl (C=O) groups is 1. The molecular weight excluding hydrogens is 296 g/mol. The number of likely N-dealkylation sites (tertiary alicyclic amines) is 1. The molecule has 1 amide bonds. The van der Waals surface area contributed by atoms with Crippen LogP contribution in [0.15, 0.2) is 18.3 Å². The van der Waals surface area contributed by atoms with E-state index in [1.807, 2.05) is 12.3 Å². The highest BCUT2D eigenvalue weighted by Gasteiger charge is 2.24. The molecule has 0 aromatic carbocycles. The average Bonchev–Trinajstić information content (AvgIpc) is 3.08. The predicted octanol–water partition coefficient (Wildman–Crippen LogP) is 3.12. The third kappa shape index (κ3) is 3.56. The summed E-state index contributed by atoms with van der Waals surface area (Å²) < 4.78 is 0. The molecule has 1 saturated heterocycles. The van der Waals surface area contributed by atoms with Gasteiger partial charge in [-0.1, -0.05) is 0 Å². The Bertz CT molecular complexity index is 648. The van der Waals surface area contributed by atoms with Gasteiger partial charge < -0.3 is 5.32 Å². The molecule has 118 valence electrons. The third-order valence-corrected chi connectivity index (χ3v) is 5.11. The molecule has 0 radical (unpaired) electrons. The number of hydrogen-bond donors (Lipinski definition) is 2. The predicted molar refractivity (Wildman–Crippen MR) is 89.2 cm³/mol. The SMILES string of the molecule is CC(=O)Nc1ccc(CN2CCCC(c3[nH]ncc3C)C2)s1. The fourth-order valence-corrected chi connectivity index (χ4v) is 4.12. The van der Waals surface area contributed by atoms with Crippen molar-refractivity contribution in [2.24, 2.45) is 0 Å². The molecule has 1 unspecified atom stereocenters. The number of rotatable bonds is 4. The van der Waals surface area contributed by atoms with E-state index in [0.29, 0.717) is 5.92 Å². The van der Waals surface area contributed by atoms with E-state index in [2.05, 4.69) is 33.4 Å². The van der Waals surface area contributed by atoms with Crippen LogP contribution in [-0.2, 0) is 11.3 Å². The first-order chi connectivity index (χ1) is 10.6. The molecule has 3 heterocycles. The van der Waals surface area contributed by atoms with Crippen LogP contribution in [0.3, 0.4) is 0 Å². The van der Waals surface area contributed by atoms with E-state index >= 15 is 0 Å². The van der Waals surface area contributed by atoms with Crippen molar-refractivity contribution in [2.75, 3.05) is 18.4 Å². The zero-order valence-corrected chi connectivity index (χ0v) is 13.9. The highest BCUT2D eigenvalue weighted by Crippen LogP contribution is 2.30. The lowest BCUT2D eigenvalue weighted by Crippen LogP contribution is -2.34. The van der Waals surface area contributed by atoms with E-state index in [1.54, 1.807) is 18.3 Å². The summed E-state index contributed by atoms with van der Waals surface area (Å²) in [6.45, 7) is 6.82. The number of anilines is 1. The van der Waals surface area contributed by atoms with Crippen LogP contribution in [0.2, 0.25) is 0 Å². The lowest BCUT2D eigenvalue weighted by molar-refractivity contribution is -0.114. The zero-order valence-electron chi connectivity index (χ0n) is 13.1. The minimum absolute atomic E-state index is 0.0128. The maximum absolute atomic E-state index is 11.1. The van der Waals surface area contributed by atoms with Crippen molar-refractivity contribution in [3.63, 3.8) is 0 Å². The normalized spacial score (nSPS) is 19.3. The summed E-state index contributed by atoms with van der Waals surface area (Å²) in [5.74, 6) is 0.534. The number of H-pyrrole nitrogens is 1. The number of nitrogens with one attached hydrogen (secondary N) is 2. The van der Waals surface area contributed by atoms with Gasteiger partial charge in [0.2, 0.25) is 5.91 Å². The Balaban J connectivity index is 1.62. The van der Waals surface area contributed by atoms with Gasteiger partial charge in [-0.15, -0.1) is 11.3 Å². The first-order valence-corrected chi connectivity index (χ1v) is 8.52. The smallest absolute Gasteiger partial charge is 0.221 e. The van der Waals surface area contributed by atoms with Crippen LogP contribution in [0.25, 0.3) is 0 Å². The Morgan fingerprint density at radius 2 is 2.41 bits per heavy atom. The van der Waals surface area contributed by atoms with Gasteiger partial charge in [-0.2, -0.15) is 5.10 Å². The van der Waals surface area contributed by atoms with Gasteiger partial charge in [0.15, 0.2) is 0 Å². The van der Waals surface area contributed by atoms with Crippen molar-refractivity contribution < 1.29 is 4.79 Å². The second-order valence-corrected chi connectivity index (χ2v) is 7.16. The van der Waals surface area contributed by atoms with Gasteiger partial charge in [-0.3, -0.25) is 14.8 Å². The summed E-state index contributed by atoms with van der Waals surface area (Å²) >= 11 is 1.66.